The monoisotopic (exact) mass is 149 g/mol. The van der Waals surface area contributed by atoms with Crippen LogP contribution in [0.5, 0.6) is 0 Å². The van der Waals surface area contributed by atoms with Crippen LogP contribution in [-0.2, 0) is 5.41 Å². The molecule has 0 saturated heterocycles. The lowest BCUT2D eigenvalue weighted by Crippen LogP contribution is -2.18. The van der Waals surface area contributed by atoms with E-state index in [-0.39, 0.29) is 5.41 Å². The minimum atomic E-state index is 0.169. The van der Waals surface area contributed by atoms with Crippen LogP contribution in [0.3, 0.4) is 0 Å². The molecule has 60 valence electrons. The van der Waals surface area contributed by atoms with Gasteiger partial charge in [0, 0.05) is 16.5 Å². The normalized spacial score (nSPS) is 11.9. The van der Waals surface area contributed by atoms with E-state index in [1.54, 1.807) is 0 Å². The van der Waals surface area contributed by atoms with Crippen molar-refractivity contribution in [3.8, 4) is 0 Å². The maximum atomic E-state index is 3.86. The van der Waals surface area contributed by atoms with Crippen LogP contribution in [-0.4, -0.2) is 4.98 Å². The number of aromatic amines is 1. The SMILES string of the molecule is C=c1cc(C(C)(C)C)[nH]c1=C. The molecule has 0 atom stereocenters. The van der Waals surface area contributed by atoms with Crippen LogP contribution in [0.15, 0.2) is 6.07 Å². The van der Waals surface area contributed by atoms with E-state index in [2.05, 4.69) is 45.0 Å². The molecule has 0 fully saturated rings. The number of rotatable bonds is 0. The maximum Gasteiger partial charge on any atom is 0.0377 e. The first-order chi connectivity index (χ1) is 4.91. The predicted octanol–water partition coefficient (Wildman–Crippen LogP) is 1.13. The molecular formula is C10H15N. The Bertz CT molecular complexity index is 310. The molecule has 1 nitrogen and oxygen atoms in total. The molecule has 0 spiro atoms. The summed E-state index contributed by atoms with van der Waals surface area (Å²) in [5.41, 5.74) is 1.37. The van der Waals surface area contributed by atoms with Gasteiger partial charge < -0.3 is 4.98 Å². The summed E-state index contributed by atoms with van der Waals surface area (Å²) >= 11 is 0. The molecule has 1 rings (SSSR count). The van der Waals surface area contributed by atoms with Gasteiger partial charge in [0.2, 0.25) is 0 Å². The average Bonchev–Trinajstić information content (AvgIpc) is 2.11. The Labute approximate surface area is 67.5 Å². The summed E-state index contributed by atoms with van der Waals surface area (Å²) < 4.78 is 0. The summed E-state index contributed by atoms with van der Waals surface area (Å²) in [4.78, 5) is 3.21. The number of H-pyrrole nitrogens is 1. The van der Waals surface area contributed by atoms with Gasteiger partial charge in [0.1, 0.15) is 0 Å². The lowest BCUT2D eigenvalue weighted by Gasteiger charge is -2.15. The summed E-state index contributed by atoms with van der Waals surface area (Å²) in [5.74, 6) is 0. The van der Waals surface area contributed by atoms with E-state index in [4.69, 9.17) is 0 Å². The highest BCUT2D eigenvalue weighted by molar-refractivity contribution is 5.20. The Morgan fingerprint density at radius 1 is 1.27 bits per heavy atom. The molecule has 11 heavy (non-hydrogen) atoms. The van der Waals surface area contributed by atoms with Crippen molar-refractivity contribution >= 4 is 13.2 Å². The van der Waals surface area contributed by atoms with E-state index in [1.807, 2.05) is 0 Å². The smallest absolute Gasteiger partial charge is 0.0377 e. The fraction of sp³-hybridized carbons (Fsp3) is 0.400. The van der Waals surface area contributed by atoms with Crippen molar-refractivity contribution < 1.29 is 0 Å². The van der Waals surface area contributed by atoms with Crippen LogP contribution in [0.25, 0.3) is 13.2 Å². The highest BCUT2D eigenvalue weighted by Crippen LogP contribution is 2.16. The van der Waals surface area contributed by atoms with Crippen molar-refractivity contribution in [3.05, 3.63) is 22.3 Å². The predicted molar refractivity (Wildman–Crippen MR) is 49.8 cm³/mol. The van der Waals surface area contributed by atoms with Gasteiger partial charge in [-0.2, -0.15) is 0 Å². The van der Waals surface area contributed by atoms with Crippen LogP contribution in [0.2, 0.25) is 0 Å². The van der Waals surface area contributed by atoms with Crippen LogP contribution >= 0.6 is 0 Å². The first kappa shape index (κ1) is 8.12. The van der Waals surface area contributed by atoms with E-state index in [0.717, 1.165) is 10.6 Å². The molecule has 0 saturated carbocycles. The summed E-state index contributed by atoms with van der Waals surface area (Å²) in [5, 5.41) is 1.92. The van der Waals surface area contributed by atoms with Crippen LogP contribution in [0, 0.1) is 0 Å². The molecule has 0 bridgehead atoms. The summed E-state index contributed by atoms with van der Waals surface area (Å²) in [6, 6.07) is 2.06. The Balaban J connectivity index is 3.29. The van der Waals surface area contributed by atoms with Gasteiger partial charge in [-0.3, -0.25) is 0 Å². The second-order valence-corrected chi connectivity index (χ2v) is 3.94. The Kier molecular flexibility index (Phi) is 1.67. The second kappa shape index (κ2) is 2.26. The molecule has 0 aliphatic rings. The summed E-state index contributed by atoms with van der Waals surface area (Å²) in [6.07, 6.45) is 0. The minimum Gasteiger partial charge on any atom is -0.358 e. The second-order valence-electron chi connectivity index (χ2n) is 3.94. The Morgan fingerprint density at radius 2 is 1.82 bits per heavy atom. The molecule has 1 aromatic rings. The Hall–Kier alpha value is -0.980. The standard InChI is InChI=1S/C10H15N/c1-7-6-9(10(3,4)5)11-8(7)2/h6,11H,1-2H2,3-5H3. The van der Waals surface area contributed by atoms with Gasteiger partial charge in [0.25, 0.3) is 0 Å². The van der Waals surface area contributed by atoms with Crippen molar-refractivity contribution in [2.24, 2.45) is 0 Å². The van der Waals surface area contributed by atoms with Gasteiger partial charge >= 0.3 is 0 Å². The van der Waals surface area contributed by atoms with Gasteiger partial charge in [-0.05, 0) is 11.3 Å². The first-order valence-electron chi connectivity index (χ1n) is 3.78. The molecule has 0 aliphatic carbocycles. The third-order valence-corrected chi connectivity index (χ3v) is 1.80. The molecule has 1 heterocycles. The number of hydrogen-bond donors (Lipinski definition) is 1. The third-order valence-electron chi connectivity index (χ3n) is 1.80. The zero-order chi connectivity index (χ0) is 8.65. The highest BCUT2D eigenvalue weighted by atomic mass is 14.7. The van der Waals surface area contributed by atoms with E-state index in [1.165, 1.54) is 5.69 Å². The number of hydrogen-bond acceptors (Lipinski definition) is 0. The van der Waals surface area contributed by atoms with Gasteiger partial charge in [0.05, 0.1) is 0 Å². The van der Waals surface area contributed by atoms with Gasteiger partial charge in [0.15, 0.2) is 0 Å². The molecule has 1 heteroatoms. The van der Waals surface area contributed by atoms with Crippen LogP contribution in [0.1, 0.15) is 26.5 Å². The van der Waals surface area contributed by atoms with Crippen molar-refractivity contribution in [2.75, 3.05) is 0 Å². The fourth-order valence-corrected chi connectivity index (χ4v) is 0.944. The van der Waals surface area contributed by atoms with E-state index in [9.17, 15) is 0 Å². The largest absolute Gasteiger partial charge is 0.358 e. The number of nitrogens with one attached hydrogen (secondary N) is 1. The lowest BCUT2D eigenvalue weighted by molar-refractivity contribution is 0.572. The quantitative estimate of drug-likeness (QED) is 0.569. The zero-order valence-electron chi connectivity index (χ0n) is 7.49. The van der Waals surface area contributed by atoms with Gasteiger partial charge in [-0.1, -0.05) is 33.9 Å². The molecule has 0 unspecified atom stereocenters. The topological polar surface area (TPSA) is 15.8 Å². The highest BCUT2D eigenvalue weighted by Gasteiger charge is 2.14. The number of aromatic nitrogens is 1. The van der Waals surface area contributed by atoms with Gasteiger partial charge in [-0.15, -0.1) is 0 Å². The Morgan fingerprint density at radius 3 is 2.00 bits per heavy atom. The third kappa shape index (κ3) is 1.53. The maximum absolute atomic E-state index is 3.86. The fourth-order valence-electron chi connectivity index (χ4n) is 0.944. The van der Waals surface area contributed by atoms with E-state index < -0.39 is 0 Å². The van der Waals surface area contributed by atoms with Crippen molar-refractivity contribution in [2.45, 2.75) is 26.2 Å². The first-order valence-corrected chi connectivity index (χ1v) is 3.78. The van der Waals surface area contributed by atoms with Gasteiger partial charge in [-0.25, -0.2) is 0 Å². The lowest BCUT2D eigenvalue weighted by atomic mass is 9.93. The molecule has 0 aromatic carbocycles. The molecule has 0 radical (unpaired) electrons. The summed E-state index contributed by atoms with van der Waals surface area (Å²) in [7, 11) is 0. The molecule has 0 aliphatic heterocycles. The van der Waals surface area contributed by atoms with Crippen molar-refractivity contribution in [1.29, 1.82) is 0 Å². The van der Waals surface area contributed by atoms with E-state index >= 15 is 0 Å². The molecular weight excluding hydrogens is 134 g/mol. The molecule has 1 N–H and O–H groups in total. The summed E-state index contributed by atoms with van der Waals surface area (Å²) in [6.45, 7) is 14.2. The zero-order valence-corrected chi connectivity index (χ0v) is 7.49. The van der Waals surface area contributed by atoms with Crippen molar-refractivity contribution in [3.63, 3.8) is 0 Å². The van der Waals surface area contributed by atoms with Crippen LogP contribution < -0.4 is 10.6 Å². The van der Waals surface area contributed by atoms with Crippen LogP contribution in [0.4, 0.5) is 0 Å². The average molecular weight is 149 g/mol. The van der Waals surface area contributed by atoms with E-state index in [0.29, 0.717) is 0 Å². The molecule has 1 aromatic heterocycles. The molecule has 0 amide bonds. The van der Waals surface area contributed by atoms with Crippen molar-refractivity contribution in [1.82, 2.24) is 4.98 Å². The minimum absolute atomic E-state index is 0.169.